The monoisotopic (exact) mass is 349 g/mol. The summed E-state index contributed by atoms with van der Waals surface area (Å²) in [6.07, 6.45) is 15.1. The predicted molar refractivity (Wildman–Crippen MR) is 104 cm³/mol. The van der Waals surface area contributed by atoms with E-state index in [0.29, 0.717) is 6.54 Å². The van der Waals surface area contributed by atoms with E-state index in [4.69, 9.17) is 0 Å². The molecule has 0 radical (unpaired) electrons. The van der Waals surface area contributed by atoms with E-state index in [0.717, 1.165) is 38.0 Å². The second-order valence-electron chi connectivity index (χ2n) is 8.74. The molecule has 0 aromatic rings. The lowest BCUT2D eigenvalue weighted by Gasteiger charge is -2.28. The lowest BCUT2D eigenvalue weighted by atomic mass is 9.89. The number of carbonyl (C=O) groups excluding carboxylic acids is 1. The summed E-state index contributed by atoms with van der Waals surface area (Å²) in [6.45, 7) is 7.30. The van der Waals surface area contributed by atoms with E-state index in [9.17, 15) is 4.79 Å². The molecule has 0 bridgehead atoms. The van der Waals surface area contributed by atoms with Crippen molar-refractivity contribution in [2.75, 3.05) is 45.8 Å². The van der Waals surface area contributed by atoms with Gasteiger partial charge in [0.25, 0.3) is 0 Å². The summed E-state index contributed by atoms with van der Waals surface area (Å²) >= 11 is 0. The highest BCUT2D eigenvalue weighted by Crippen LogP contribution is 2.25. The Morgan fingerprint density at radius 3 is 2.04 bits per heavy atom. The Morgan fingerprint density at radius 1 is 0.720 bits per heavy atom. The van der Waals surface area contributed by atoms with Crippen molar-refractivity contribution in [1.29, 1.82) is 0 Å². The number of rotatable bonds is 6. The number of nitrogens with one attached hydrogen (secondary N) is 1. The zero-order valence-electron chi connectivity index (χ0n) is 16.2. The minimum absolute atomic E-state index is 0.242. The topological polar surface area (TPSA) is 35.6 Å². The van der Waals surface area contributed by atoms with Gasteiger partial charge in [-0.15, -0.1) is 0 Å². The second-order valence-corrected chi connectivity index (χ2v) is 8.74. The molecule has 0 unspecified atom stereocenters. The van der Waals surface area contributed by atoms with Gasteiger partial charge in [0.05, 0.1) is 6.54 Å². The van der Waals surface area contributed by atoms with Crippen molar-refractivity contribution in [2.24, 2.45) is 11.8 Å². The van der Waals surface area contributed by atoms with Crippen LogP contribution in [0.2, 0.25) is 0 Å². The molecule has 1 aliphatic heterocycles. The fraction of sp³-hybridized carbons (Fsp3) is 0.952. The zero-order chi connectivity index (χ0) is 17.3. The first-order chi connectivity index (χ1) is 12.3. The molecule has 1 saturated heterocycles. The molecular weight excluding hydrogens is 310 g/mol. The molecule has 4 nitrogen and oxygen atoms in total. The highest BCUT2D eigenvalue weighted by atomic mass is 16.2. The van der Waals surface area contributed by atoms with Crippen molar-refractivity contribution in [2.45, 2.75) is 70.6 Å². The van der Waals surface area contributed by atoms with Gasteiger partial charge in [-0.05, 0) is 57.0 Å². The molecule has 4 heteroatoms. The molecule has 3 aliphatic rings. The zero-order valence-corrected chi connectivity index (χ0v) is 16.2. The Morgan fingerprint density at radius 2 is 1.32 bits per heavy atom. The van der Waals surface area contributed by atoms with Crippen molar-refractivity contribution in [3.8, 4) is 0 Å². The molecular formula is C21H39N3O. The van der Waals surface area contributed by atoms with Crippen LogP contribution in [0.25, 0.3) is 0 Å². The maximum atomic E-state index is 12.3. The lowest BCUT2D eigenvalue weighted by molar-refractivity contribution is -0.122. The Bertz CT molecular complexity index is 389. The predicted octanol–water partition coefficient (Wildman–Crippen LogP) is 3.27. The van der Waals surface area contributed by atoms with Gasteiger partial charge in [-0.2, -0.15) is 0 Å². The van der Waals surface area contributed by atoms with Crippen LogP contribution in [-0.4, -0.2) is 61.5 Å². The van der Waals surface area contributed by atoms with Crippen molar-refractivity contribution < 1.29 is 4.79 Å². The lowest BCUT2D eigenvalue weighted by Crippen LogP contribution is -2.41. The summed E-state index contributed by atoms with van der Waals surface area (Å²) in [7, 11) is 0. The van der Waals surface area contributed by atoms with Crippen LogP contribution in [-0.2, 0) is 4.79 Å². The smallest absolute Gasteiger partial charge is 0.234 e. The maximum absolute atomic E-state index is 12.3. The van der Waals surface area contributed by atoms with E-state index < -0.39 is 0 Å². The Balaban J connectivity index is 1.32. The molecule has 25 heavy (non-hydrogen) atoms. The van der Waals surface area contributed by atoms with Crippen LogP contribution in [0.5, 0.6) is 0 Å². The SMILES string of the molecule is O=C(CN1CCCN(CC2CCCCC2)CC1)NCC1CCCCC1. The first-order valence-corrected chi connectivity index (χ1v) is 11.0. The highest BCUT2D eigenvalue weighted by Gasteiger charge is 2.21. The summed E-state index contributed by atoms with van der Waals surface area (Å²) in [5, 5.41) is 3.20. The molecule has 2 saturated carbocycles. The molecule has 2 aliphatic carbocycles. The molecule has 1 N–H and O–H groups in total. The van der Waals surface area contributed by atoms with Gasteiger partial charge in [0.2, 0.25) is 5.91 Å². The van der Waals surface area contributed by atoms with Gasteiger partial charge >= 0.3 is 0 Å². The van der Waals surface area contributed by atoms with E-state index in [-0.39, 0.29) is 5.91 Å². The van der Waals surface area contributed by atoms with Crippen LogP contribution in [0.3, 0.4) is 0 Å². The summed E-state index contributed by atoms with van der Waals surface area (Å²) < 4.78 is 0. The van der Waals surface area contributed by atoms with Crippen LogP contribution < -0.4 is 5.32 Å². The van der Waals surface area contributed by atoms with Gasteiger partial charge in [-0.25, -0.2) is 0 Å². The summed E-state index contributed by atoms with van der Waals surface area (Å²) in [5.41, 5.74) is 0. The Labute approximate surface area is 154 Å². The summed E-state index contributed by atoms with van der Waals surface area (Å²) in [4.78, 5) is 17.3. The Hall–Kier alpha value is -0.610. The third-order valence-corrected chi connectivity index (χ3v) is 6.60. The third-order valence-electron chi connectivity index (χ3n) is 6.60. The standard InChI is InChI=1S/C21H39N3O/c25-21(22-16-19-8-3-1-4-9-19)18-24-13-7-12-23(14-15-24)17-20-10-5-2-6-11-20/h19-20H,1-18H2,(H,22,25). The minimum atomic E-state index is 0.242. The molecule has 3 rings (SSSR count). The van der Waals surface area contributed by atoms with Crippen LogP contribution >= 0.6 is 0 Å². The van der Waals surface area contributed by atoms with E-state index in [1.807, 2.05) is 0 Å². The molecule has 144 valence electrons. The normalized spacial score (nSPS) is 25.6. The molecule has 0 atom stereocenters. The quantitative estimate of drug-likeness (QED) is 0.799. The van der Waals surface area contributed by atoms with Crippen molar-refractivity contribution in [1.82, 2.24) is 15.1 Å². The van der Waals surface area contributed by atoms with Crippen LogP contribution in [0.4, 0.5) is 0 Å². The van der Waals surface area contributed by atoms with Gasteiger partial charge in [-0.3, -0.25) is 9.69 Å². The van der Waals surface area contributed by atoms with E-state index in [1.54, 1.807) is 0 Å². The summed E-state index contributed by atoms with van der Waals surface area (Å²) in [6, 6.07) is 0. The summed E-state index contributed by atoms with van der Waals surface area (Å²) in [5.74, 6) is 1.90. The average molecular weight is 350 g/mol. The molecule has 0 spiro atoms. The van der Waals surface area contributed by atoms with Gasteiger partial charge in [0, 0.05) is 26.2 Å². The van der Waals surface area contributed by atoms with E-state index >= 15 is 0 Å². The first-order valence-electron chi connectivity index (χ1n) is 11.0. The van der Waals surface area contributed by atoms with Crippen LogP contribution in [0.15, 0.2) is 0 Å². The second kappa shape index (κ2) is 10.5. The number of carbonyl (C=O) groups is 1. The van der Waals surface area contributed by atoms with E-state index in [2.05, 4.69) is 15.1 Å². The van der Waals surface area contributed by atoms with Crippen molar-refractivity contribution >= 4 is 5.91 Å². The molecule has 1 heterocycles. The molecule has 0 aromatic heterocycles. The number of amides is 1. The largest absolute Gasteiger partial charge is 0.355 e. The fourth-order valence-electron chi connectivity index (χ4n) is 5.01. The van der Waals surface area contributed by atoms with Crippen LogP contribution in [0.1, 0.15) is 70.6 Å². The minimum Gasteiger partial charge on any atom is -0.355 e. The van der Waals surface area contributed by atoms with Gasteiger partial charge in [0.15, 0.2) is 0 Å². The molecule has 1 amide bonds. The van der Waals surface area contributed by atoms with Crippen molar-refractivity contribution in [3.63, 3.8) is 0 Å². The van der Waals surface area contributed by atoms with Gasteiger partial charge < -0.3 is 10.2 Å². The fourth-order valence-corrected chi connectivity index (χ4v) is 5.01. The number of hydrogen-bond acceptors (Lipinski definition) is 3. The third kappa shape index (κ3) is 6.90. The van der Waals surface area contributed by atoms with Crippen molar-refractivity contribution in [3.05, 3.63) is 0 Å². The van der Waals surface area contributed by atoms with E-state index in [1.165, 1.54) is 83.7 Å². The number of nitrogens with zero attached hydrogens (tertiary/aromatic N) is 2. The Kier molecular flexibility index (Phi) is 8.06. The van der Waals surface area contributed by atoms with Crippen LogP contribution in [0, 0.1) is 11.8 Å². The molecule has 0 aromatic carbocycles. The van der Waals surface area contributed by atoms with Gasteiger partial charge in [-0.1, -0.05) is 38.5 Å². The maximum Gasteiger partial charge on any atom is 0.234 e. The molecule has 3 fully saturated rings. The average Bonchev–Trinajstić information content (AvgIpc) is 2.87. The van der Waals surface area contributed by atoms with Gasteiger partial charge in [0.1, 0.15) is 0 Å². The number of hydrogen-bond donors (Lipinski definition) is 1. The first kappa shape index (κ1) is 19.2. The highest BCUT2D eigenvalue weighted by molar-refractivity contribution is 5.78.